The van der Waals surface area contributed by atoms with E-state index in [1.54, 1.807) is 14.2 Å². The van der Waals surface area contributed by atoms with Crippen LogP contribution in [-0.2, 0) is 11.3 Å². The molecule has 4 rings (SSSR count). The van der Waals surface area contributed by atoms with Crippen molar-refractivity contribution in [1.82, 2.24) is 5.32 Å². The molecular formula is C29H33Cl2NO4. The van der Waals surface area contributed by atoms with Gasteiger partial charge in [0.1, 0.15) is 0 Å². The number of methoxy groups -OCH3 is 2. The molecule has 3 unspecified atom stereocenters. The van der Waals surface area contributed by atoms with E-state index in [0.717, 1.165) is 29.5 Å². The fourth-order valence-corrected chi connectivity index (χ4v) is 4.91. The Hall–Kier alpha value is -2.28. The molecule has 0 saturated heterocycles. The first kappa shape index (κ1) is 26.8. The summed E-state index contributed by atoms with van der Waals surface area (Å²) in [5, 5.41) is 16.4. The molecule has 7 heteroatoms. The number of aliphatic hydroxyl groups is 1. The lowest BCUT2D eigenvalue weighted by Gasteiger charge is -2.38. The summed E-state index contributed by atoms with van der Waals surface area (Å²) < 4.78 is 16.9. The summed E-state index contributed by atoms with van der Waals surface area (Å²) in [5.74, 6) is 1.85. The zero-order valence-corrected chi connectivity index (χ0v) is 22.1. The van der Waals surface area contributed by atoms with Crippen molar-refractivity contribution < 1.29 is 19.3 Å². The second kappa shape index (κ2) is 12.8. The standard InChI is InChI=1S/C29H33Cl2NO4/c1-34-26-14-9-19(15-27(26)35-2)17-36-18-25(20-5-3-6-20)32-28(21-10-12-23(30)13-11-21)29(33)22-7-4-8-24(31)16-22/h4,7-16,20,25,28-29,32-33H,3,5-6,17-18H2,1-2H3. The van der Waals surface area contributed by atoms with Crippen molar-refractivity contribution in [2.75, 3.05) is 20.8 Å². The molecular weight excluding hydrogens is 497 g/mol. The Bertz CT molecular complexity index is 1120. The Morgan fingerprint density at radius 3 is 2.28 bits per heavy atom. The van der Waals surface area contributed by atoms with Gasteiger partial charge in [0.2, 0.25) is 0 Å². The molecule has 3 aromatic rings. The summed E-state index contributed by atoms with van der Waals surface area (Å²) in [6.45, 7) is 0.971. The highest BCUT2D eigenvalue weighted by molar-refractivity contribution is 6.30. The first-order valence-corrected chi connectivity index (χ1v) is 13.0. The van der Waals surface area contributed by atoms with Gasteiger partial charge in [-0.3, -0.25) is 0 Å². The molecule has 2 N–H and O–H groups in total. The average Bonchev–Trinajstić information content (AvgIpc) is 2.86. The molecule has 1 saturated carbocycles. The van der Waals surface area contributed by atoms with E-state index in [9.17, 15) is 5.11 Å². The molecule has 0 aromatic heterocycles. The maximum atomic E-state index is 11.4. The molecule has 3 atom stereocenters. The van der Waals surface area contributed by atoms with Gasteiger partial charge in [-0.2, -0.15) is 0 Å². The number of halogens is 2. The van der Waals surface area contributed by atoms with Gasteiger partial charge in [-0.1, -0.05) is 60.0 Å². The summed E-state index contributed by atoms with van der Waals surface area (Å²) in [5.41, 5.74) is 2.72. The normalized spacial score (nSPS) is 16.1. The third-order valence-electron chi connectivity index (χ3n) is 6.86. The number of hydrogen-bond acceptors (Lipinski definition) is 5. The first-order chi connectivity index (χ1) is 17.5. The predicted octanol–water partition coefficient (Wildman–Crippen LogP) is 6.76. The van der Waals surface area contributed by atoms with Gasteiger partial charge >= 0.3 is 0 Å². The number of nitrogens with one attached hydrogen (secondary N) is 1. The third-order valence-corrected chi connectivity index (χ3v) is 7.35. The highest BCUT2D eigenvalue weighted by atomic mass is 35.5. The van der Waals surface area contributed by atoms with E-state index < -0.39 is 6.10 Å². The molecule has 0 bridgehead atoms. The summed E-state index contributed by atoms with van der Waals surface area (Å²) in [6, 6.07) is 20.5. The summed E-state index contributed by atoms with van der Waals surface area (Å²) in [4.78, 5) is 0. The van der Waals surface area contributed by atoms with Crippen LogP contribution in [0.25, 0.3) is 0 Å². The zero-order valence-electron chi connectivity index (χ0n) is 20.6. The van der Waals surface area contributed by atoms with Crippen LogP contribution in [0, 0.1) is 5.92 Å². The van der Waals surface area contributed by atoms with Gasteiger partial charge in [0.25, 0.3) is 0 Å². The number of benzene rings is 3. The van der Waals surface area contributed by atoms with Crippen molar-refractivity contribution in [3.05, 3.63) is 93.5 Å². The number of rotatable bonds is 12. The fraction of sp³-hybridized carbons (Fsp3) is 0.379. The zero-order chi connectivity index (χ0) is 25.5. The van der Waals surface area contributed by atoms with E-state index in [2.05, 4.69) is 5.32 Å². The minimum absolute atomic E-state index is 0.0772. The van der Waals surface area contributed by atoms with E-state index in [0.29, 0.717) is 40.7 Å². The Balaban J connectivity index is 1.51. The van der Waals surface area contributed by atoms with Gasteiger partial charge < -0.3 is 24.6 Å². The minimum Gasteiger partial charge on any atom is -0.493 e. The van der Waals surface area contributed by atoms with Crippen LogP contribution in [0.15, 0.2) is 66.7 Å². The van der Waals surface area contributed by atoms with Crippen molar-refractivity contribution >= 4 is 23.2 Å². The topological polar surface area (TPSA) is 60.0 Å². The Morgan fingerprint density at radius 2 is 1.64 bits per heavy atom. The van der Waals surface area contributed by atoms with Crippen molar-refractivity contribution in [1.29, 1.82) is 0 Å². The van der Waals surface area contributed by atoms with Gasteiger partial charge in [0.15, 0.2) is 11.5 Å². The van der Waals surface area contributed by atoms with E-state index in [1.807, 2.05) is 66.7 Å². The Morgan fingerprint density at radius 1 is 0.889 bits per heavy atom. The molecule has 36 heavy (non-hydrogen) atoms. The Labute approximate surface area is 223 Å². The SMILES string of the molecule is COc1ccc(COCC(NC(c2ccc(Cl)cc2)C(O)c2cccc(Cl)c2)C2CCC2)cc1OC. The van der Waals surface area contributed by atoms with Gasteiger partial charge in [-0.25, -0.2) is 0 Å². The lowest BCUT2D eigenvalue weighted by molar-refractivity contribution is 0.0426. The van der Waals surface area contributed by atoms with Gasteiger partial charge in [-0.05, 0) is 71.8 Å². The van der Waals surface area contributed by atoms with Crippen molar-refractivity contribution in [3.8, 4) is 11.5 Å². The number of hydrogen-bond donors (Lipinski definition) is 2. The maximum absolute atomic E-state index is 11.4. The lowest BCUT2D eigenvalue weighted by atomic mass is 9.79. The van der Waals surface area contributed by atoms with Crippen molar-refractivity contribution in [3.63, 3.8) is 0 Å². The van der Waals surface area contributed by atoms with E-state index in [4.69, 9.17) is 37.4 Å². The molecule has 0 radical (unpaired) electrons. The van der Waals surface area contributed by atoms with Crippen LogP contribution in [0.2, 0.25) is 10.0 Å². The van der Waals surface area contributed by atoms with E-state index >= 15 is 0 Å². The highest BCUT2D eigenvalue weighted by Crippen LogP contribution is 2.36. The lowest BCUT2D eigenvalue weighted by Crippen LogP contribution is -2.46. The van der Waals surface area contributed by atoms with E-state index in [-0.39, 0.29) is 12.1 Å². The van der Waals surface area contributed by atoms with Gasteiger partial charge in [0.05, 0.1) is 39.6 Å². The highest BCUT2D eigenvalue weighted by Gasteiger charge is 2.32. The maximum Gasteiger partial charge on any atom is 0.161 e. The van der Waals surface area contributed by atoms with Gasteiger partial charge in [0, 0.05) is 16.1 Å². The average molecular weight is 530 g/mol. The van der Waals surface area contributed by atoms with Crippen LogP contribution in [0.5, 0.6) is 11.5 Å². The van der Waals surface area contributed by atoms with Crippen molar-refractivity contribution in [2.24, 2.45) is 5.92 Å². The van der Waals surface area contributed by atoms with Crippen LogP contribution in [0.3, 0.4) is 0 Å². The quantitative estimate of drug-likeness (QED) is 0.271. The minimum atomic E-state index is -0.793. The van der Waals surface area contributed by atoms with Crippen LogP contribution >= 0.6 is 23.2 Å². The second-order valence-corrected chi connectivity index (χ2v) is 10.1. The van der Waals surface area contributed by atoms with Crippen LogP contribution in [0.1, 0.15) is 48.1 Å². The molecule has 3 aromatic carbocycles. The molecule has 1 fully saturated rings. The van der Waals surface area contributed by atoms with Gasteiger partial charge in [-0.15, -0.1) is 0 Å². The second-order valence-electron chi connectivity index (χ2n) is 9.20. The fourth-order valence-electron chi connectivity index (χ4n) is 4.59. The van der Waals surface area contributed by atoms with Crippen molar-refractivity contribution in [2.45, 2.75) is 44.1 Å². The largest absolute Gasteiger partial charge is 0.493 e. The molecule has 1 aliphatic carbocycles. The van der Waals surface area contributed by atoms with Crippen LogP contribution in [0.4, 0.5) is 0 Å². The van der Waals surface area contributed by atoms with E-state index in [1.165, 1.54) is 6.42 Å². The summed E-state index contributed by atoms with van der Waals surface area (Å²) in [6.07, 6.45) is 2.69. The molecule has 5 nitrogen and oxygen atoms in total. The molecule has 0 amide bonds. The third kappa shape index (κ3) is 6.72. The monoisotopic (exact) mass is 529 g/mol. The summed E-state index contributed by atoms with van der Waals surface area (Å²) >= 11 is 12.4. The van der Waals surface area contributed by atoms with Crippen LogP contribution < -0.4 is 14.8 Å². The Kier molecular flexibility index (Phi) is 9.52. The smallest absolute Gasteiger partial charge is 0.161 e. The molecule has 1 aliphatic rings. The molecule has 0 spiro atoms. The number of ether oxygens (including phenoxy) is 3. The van der Waals surface area contributed by atoms with Crippen LogP contribution in [-0.4, -0.2) is 32.0 Å². The summed E-state index contributed by atoms with van der Waals surface area (Å²) in [7, 11) is 3.25. The predicted molar refractivity (Wildman–Crippen MR) is 144 cm³/mol. The molecule has 192 valence electrons. The number of aliphatic hydroxyl groups excluding tert-OH is 1. The molecule has 0 aliphatic heterocycles. The first-order valence-electron chi connectivity index (χ1n) is 12.2. The molecule has 0 heterocycles.